The quantitative estimate of drug-likeness (QED) is 0.907. The van der Waals surface area contributed by atoms with E-state index in [4.69, 9.17) is 11.6 Å². The van der Waals surface area contributed by atoms with Gasteiger partial charge in [-0.1, -0.05) is 36.9 Å². The Morgan fingerprint density at radius 2 is 1.86 bits per heavy atom. The summed E-state index contributed by atoms with van der Waals surface area (Å²) in [4.78, 5) is 2.44. The van der Waals surface area contributed by atoms with Gasteiger partial charge in [0.05, 0.1) is 0 Å². The Kier molecular flexibility index (Phi) is 5.15. The molecule has 1 heterocycles. The summed E-state index contributed by atoms with van der Waals surface area (Å²) in [6.45, 7) is 3.92. The molecule has 2 fully saturated rings. The first-order chi connectivity index (χ1) is 10.3. The van der Waals surface area contributed by atoms with Crippen molar-refractivity contribution in [2.24, 2.45) is 5.92 Å². The third-order valence-electron chi connectivity index (χ3n) is 4.94. The summed E-state index contributed by atoms with van der Waals surface area (Å²) in [5.74, 6) is 0.392. The molecule has 1 aromatic rings. The number of rotatable bonds is 3. The van der Waals surface area contributed by atoms with Crippen LogP contribution in [-0.4, -0.2) is 31.1 Å². The predicted molar refractivity (Wildman–Crippen MR) is 85.2 cm³/mol. The molecule has 2 aliphatic rings. The van der Waals surface area contributed by atoms with Gasteiger partial charge in [0.2, 0.25) is 0 Å². The Hall–Kier alpha value is -0.640. The van der Waals surface area contributed by atoms with Gasteiger partial charge in [-0.05, 0) is 30.9 Å². The Morgan fingerprint density at radius 3 is 2.52 bits per heavy atom. The molecule has 4 heteroatoms. The average Bonchev–Trinajstić information content (AvgIpc) is 2.53. The summed E-state index contributed by atoms with van der Waals surface area (Å²) in [5.41, 5.74) is 0.730. The van der Waals surface area contributed by atoms with Crippen LogP contribution in [0.1, 0.15) is 43.7 Å². The van der Waals surface area contributed by atoms with Gasteiger partial charge in [0.25, 0.3) is 0 Å². The van der Waals surface area contributed by atoms with Gasteiger partial charge in [-0.3, -0.25) is 4.90 Å². The molecule has 0 bridgehead atoms. The Bertz CT molecular complexity index is 430. The van der Waals surface area contributed by atoms with Crippen molar-refractivity contribution < 1.29 is 4.39 Å². The lowest BCUT2D eigenvalue weighted by Crippen LogP contribution is -2.47. The first kappa shape index (κ1) is 15.3. The molecule has 1 aliphatic carbocycles. The highest BCUT2D eigenvalue weighted by Crippen LogP contribution is 2.41. The highest BCUT2D eigenvalue weighted by Gasteiger charge is 2.33. The molecule has 0 aromatic heterocycles. The van der Waals surface area contributed by atoms with Crippen LogP contribution in [0.5, 0.6) is 0 Å². The number of nitrogens with one attached hydrogen (secondary N) is 1. The summed E-state index contributed by atoms with van der Waals surface area (Å²) in [7, 11) is 0. The lowest BCUT2D eigenvalue weighted by Gasteiger charge is -2.41. The van der Waals surface area contributed by atoms with E-state index in [9.17, 15) is 4.39 Å². The molecule has 0 spiro atoms. The molecule has 0 radical (unpaired) electrons. The molecular formula is C17H24ClFN2. The van der Waals surface area contributed by atoms with Crippen molar-refractivity contribution in [1.29, 1.82) is 0 Å². The number of piperazine rings is 1. The minimum Gasteiger partial charge on any atom is -0.314 e. The van der Waals surface area contributed by atoms with Crippen molar-refractivity contribution >= 4 is 11.6 Å². The van der Waals surface area contributed by atoms with E-state index in [2.05, 4.69) is 10.2 Å². The second-order valence-corrected chi connectivity index (χ2v) is 6.67. The van der Waals surface area contributed by atoms with Crippen molar-refractivity contribution in [3.05, 3.63) is 34.6 Å². The summed E-state index contributed by atoms with van der Waals surface area (Å²) in [5, 5.41) is 3.97. The van der Waals surface area contributed by atoms with Crippen LogP contribution in [0.15, 0.2) is 18.2 Å². The number of hydrogen-bond donors (Lipinski definition) is 1. The molecule has 1 atom stereocenters. The van der Waals surface area contributed by atoms with E-state index in [-0.39, 0.29) is 11.9 Å². The number of halogens is 2. The van der Waals surface area contributed by atoms with E-state index in [0.717, 1.165) is 31.7 Å². The van der Waals surface area contributed by atoms with Gasteiger partial charge < -0.3 is 5.32 Å². The standard InChI is InChI=1S/C17H24ClFN2/c18-14-7-4-8-15(19)16(14)17(13-5-2-1-3-6-13)21-11-9-20-10-12-21/h4,7-8,13,17,20H,1-3,5-6,9-12H2/t17-/m0/s1. The summed E-state index contributed by atoms with van der Waals surface area (Å²) < 4.78 is 14.5. The van der Waals surface area contributed by atoms with E-state index in [0.29, 0.717) is 10.9 Å². The molecule has 3 rings (SSSR count). The zero-order chi connectivity index (χ0) is 14.7. The van der Waals surface area contributed by atoms with E-state index in [1.165, 1.54) is 32.1 Å². The molecule has 1 aliphatic heterocycles. The van der Waals surface area contributed by atoms with Crippen molar-refractivity contribution in [3.8, 4) is 0 Å². The SMILES string of the molecule is Fc1cccc(Cl)c1[C@H](C1CCCCC1)N1CCNCC1. The maximum atomic E-state index is 14.5. The predicted octanol–water partition coefficient (Wildman–Crippen LogP) is 4.01. The first-order valence-corrected chi connectivity index (χ1v) is 8.54. The van der Waals surface area contributed by atoms with Crippen LogP contribution in [0.25, 0.3) is 0 Å². The fourth-order valence-corrected chi connectivity index (χ4v) is 4.19. The highest BCUT2D eigenvalue weighted by atomic mass is 35.5. The maximum absolute atomic E-state index is 14.5. The Labute approximate surface area is 131 Å². The van der Waals surface area contributed by atoms with Gasteiger partial charge in [-0.25, -0.2) is 4.39 Å². The molecular weight excluding hydrogens is 287 g/mol. The van der Waals surface area contributed by atoms with Crippen molar-refractivity contribution in [2.75, 3.05) is 26.2 Å². The van der Waals surface area contributed by atoms with Gasteiger partial charge >= 0.3 is 0 Å². The zero-order valence-corrected chi connectivity index (χ0v) is 13.2. The molecule has 0 unspecified atom stereocenters. The summed E-state index contributed by atoms with van der Waals surface area (Å²) in [6, 6.07) is 5.23. The molecule has 21 heavy (non-hydrogen) atoms. The topological polar surface area (TPSA) is 15.3 Å². The molecule has 0 amide bonds. The van der Waals surface area contributed by atoms with Crippen LogP contribution >= 0.6 is 11.6 Å². The molecule has 1 N–H and O–H groups in total. The number of nitrogens with zero attached hydrogens (tertiary/aromatic N) is 1. The second kappa shape index (κ2) is 7.08. The first-order valence-electron chi connectivity index (χ1n) is 8.16. The molecule has 2 nitrogen and oxygen atoms in total. The van der Waals surface area contributed by atoms with Crippen LogP contribution < -0.4 is 5.32 Å². The monoisotopic (exact) mass is 310 g/mol. The van der Waals surface area contributed by atoms with E-state index in [1.807, 2.05) is 6.07 Å². The van der Waals surface area contributed by atoms with Crippen LogP contribution in [0.3, 0.4) is 0 Å². The number of benzene rings is 1. The van der Waals surface area contributed by atoms with Crippen LogP contribution in [0, 0.1) is 11.7 Å². The molecule has 116 valence electrons. The normalized spacial score (nSPS) is 23.1. The fourth-order valence-electron chi connectivity index (χ4n) is 3.92. The van der Waals surface area contributed by atoms with Gasteiger partial charge in [-0.15, -0.1) is 0 Å². The van der Waals surface area contributed by atoms with E-state index in [1.54, 1.807) is 12.1 Å². The average molecular weight is 311 g/mol. The molecule has 1 saturated heterocycles. The van der Waals surface area contributed by atoms with Gasteiger partial charge in [0.1, 0.15) is 5.82 Å². The minimum absolute atomic E-state index is 0.140. The summed E-state index contributed by atoms with van der Waals surface area (Å²) >= 11 is 6.38. The molecule has 1 saturated carbocycles. The van der Waals surface area contributed by atoms with Gasteiger partial charge in [0, 0.05) is 42.8 Å². The number of hydrogen-bond acceptors (Lipinski definition) is 2. The largest absolute Gasteiger partial charge is 0.314 e. The van der Waals surface area contributed by atoms with Crippen LogP contribution in [0.2, 0.25) is 5.02 Å². The van der Waals surface area contributed by atoms with Crippen LogP contribution in [0.4, 0.5) is 4.39 Å². The van der Waals surface area contributed by atoms with E-state index >= 15 is 0 Å². The van der Waals surface area contributed by atoms with Crippen molar-refractivity contribution in [1.82, 2.24) is 10.2 Å². The Morgan fingerprint density at radius 1 is 1.14 bits per heavy atom. The highest BCUT2D eigenvalue weighted by molar-refractivity contribution is 6.31. The molecule has 1 aromatic carbocycles. The summed E-state index contributed by atoms with van der Waals surface area (Å²) in [6.07, 6.45) is 6.23. The lowest BCUT2D eigenvalue weighted by molar-refractivity contribution is 0.101. The van der Waals surface area contributed by atoms with Gasteiger partial charge in [-0.2, -0.15) is 0 Å². The third-order valence-corrected chi connectivity index (χ3v) is 5.27. The third kappa shape index (κ3) is 3.41. The lowest BCUT2D eigenvalue weighted by atomic mass is 9.80. The maximum Gasteiger partial charge on any atom is 0.129 e. The smallest absolute Gasteiger partial charge is 0.129 e. The van der Waals surface area contributed by atoms with Gasteiger partial charge in [0.15, 0.2) is 0 Å². The minimum atomic E-state index is -0.142. The zero-order valence-electron chi connectivity index (χ0n) is 12.5. The Balaban J connectivity index is 1.94. The fraction of sp³-hybridized carbons (Fsp3) is 0.647. The van der Waals surface area contributed by atoms with E-state index < -0.39 is 0 Å². The van der Waals surface area contributed by atoms with Crippen molar-refractivity contribution in [2.45, 2.75) is 38.1 Å². The van der Waals surface area contributed by atoms with Crippen LogP contribution in [-0.2, 0) is 0 Å². The van der Waals surface area contributed by atoms with Crippen molar-refractivity contribution in [3.63, 3.8) is 0 Å². The second-order valence-electron chi connectivity index (χ2n) is 6.26.